The number of methoxy groups -OCH3 is 1. The summed E-state index contributed by atoms with van der Waals surface area (Å²) in [5, 5.41) is 4.07. The van der Waals surface area contributed by atoms with Crippen LogP contribution in [0.5, 0.6) is 0 Å². The van der Waals surface area contributed by atoms with Gasteiger partial charge in [-0.1, -0.05) is 26.0 Å². The van der Waals surface area contributed by atoms with Gasteiger partial charge < -0.3 is 10.1 Å². The fourth-order valence-electron chi connectivity index (χ4n) is 1.82. The third kappa shape index (κ3) is 3.62. The number of benzene rings is 1. The third-order valence-electron chi connectivity index (χ3n) is 2.83. The highest BCUT2D eigenvalue weighted by Gasteiger charge is 2.15. The van der Waals surface area contributed by atoms with Crippen molar-refractivity contribution in [3.8, 4) is 10.6 Å². The second-order valence-corrected chi connectivity index (χ2v) is 5.92. The van der Waals surface area contributed by atoms with Crippen molar-refractivity contribution < 1.29 is 9.13 Å². The smallest absolute Gasteiger partial charge is 0.133 e. The largest absolute Gasteiger partial charge is 0.378 e. The Kier molecular flexibility index (Phi) is 5.23. The molecule has 1 N–H and O–H groups in total. The number of ether oxygens (including phenoxy) is 1. The van der Waals surface area contributed by atoms with Crippen molar-refractivity contribution in [2.45, 2.75) is 33.0 Å². The summed E-state index contributed by atoms with van der Waals surface area (Å²) in [5.74, 6) is -0.242. The molecule has 2 rings (SSSR count). The lowest BCUT2D eigenvalue weighted by Gasteiger charge is -2.07. The zero-order chi connectivity index (χ0) is 14.5. The quantitative estimate of drug-likeness (QED) is 0.884. The summed E-state index contributed by atoms with van der Waals surface area (Å²) in [6.45, 7) is 5.35. The van der Waals surface area contributed by atoms with E-state index in [0.29, 0.717) is 23.2 Å². The average molecular weight is 294 g/mol. The van der Waals surface area contributed by atoms with Gasteiger partial charge in [0.05, 0.1) is 12.3 Å². The van der Waals surface area contributed by atoms with E-state index in [4.69, 9.17) is 4.74 Å². The van der Waals surface area contributed by atoms with E-state index in [0.717, 1.165) is 17.1 Å². The highest BCUT2D eigenvalue weighted by Crippen LogP contribution is 2.30. The van der Waals surface area contributed by atoms with Crippen molar-refractivity contribution in [2.75, 3.05) is 7.11 Å². The number of aromatic nitrogens is 1. The Labute approximate surface area is 122 Å². The molecule has 0 aliphatic carbocycles. The van der Waals surface area contributed by atoms with Gasteiger partial charge in [0.25, 0.3) is 0 Å². The van der Waals surface area contributed by atoms with E-state index in [9.17, 15) is 4.39 Å². The molecule has 0 aliphatic rings. The molecule has 20 heavy (non-hydrogen) atoms. The fourth-order valence-corrected chi connectivity index (χ4v) is 2.86. The normalized spacial score (nSPS) is 11.2. The lowest BCUT2D eigenvalue weighted by atomic mass is 10.2. The Balaban J connectivity index is 2.31. The lowest BCUT2D eigenvalue weighted by molar-refractivity contribution is 0.181. The molecule has 0 spiro atoms. The monoisotopic (exact) mass is 294 g/mol. The molecule has 3 nitrogen and oxygen atoms in total. The number of hydrogen-bond acceptors (Lipinski definition) is 4. The standard InChI is InChI=1S/C15H19FN2OS/c1-10(2)17-8-14-13(9-19-3)18-15(20-14)11-6-4-5-7-12(11)16/h4-7,10,17H,8-9H2,1-3H3. The van der Waals surface area contributed by atoms with Gasteiger partial charge in [0, 0.05) is 30.1 Å². The first-order valence-electron chi connectivity index (χ1n) is 6.57. The first-order valence-corrected chi connectivity index (χ1v) is 7.39. The topological polar surface area (TPSA) is 34.1 Å². The van der Waals surface area contributed by atoms with Gasteiger partial charge in [-0.3, -0.25) is 0 Å². The molecule has 1 aromatic heterocycles. The van der Waals surface area contributed by atoms with Gasteiger partial charge >= 0.3 is 0 Å². The second kappa shape index (κ2) is 6.92. The Morgan fingerprint density at radius 3 is 2.75 bits per heavy atom. The molecule has 2 aromatic rings. The van der Waals surface area contributed by atoms with E-state index in [1.807, 2.05) is 6.07 Å². The highest BCUT2D eigenvalue weighted by atomic mass is 32.1. The molecular formula is C15H19FN2OS. The lowest BCUT2D eigenvalue weighted by Crippen LogP contribution is -2.21. The minimum Gasteiger partial charge on any atom is -0.378 e. The Morgan fingerprint density at radius 1 is 1.35 bits per heavy atom. The Hall–Kier alpha value is -1.30. The van der Waals surface area contributed by atoms with E-state index in [1.54, 1.807) is 19.2 Å². The molecule has 1 aromatic carbocycles. The summed E-state index contributed by atoms with van der Waals surface area (Å²) in [6.07, 6.45) is 0. The molecule has 0 radical (unpaired) electrons. The third-order valence-corrected chi connectivity index (χ3v) is 3.97. The number of rotatable bonds is 6. The predicted molar refractivity (Wildman–Crippen MR) is 80.2 cm³/mol. The van der Waals surface area contributed by atoms with Crippen LogP contribution in [0.25, 0.3) is 10.6 Å². The molecule has 0 fully saturated rings. The van der Waals surface area contributed by atoms with Crippen LogP contribution in [0.2, 0.25) is 0 Å². The molecule has 0 bridgehead atoms. The summed E-state index contributed by atoms with van der Waals surface area (Å²) in [5.41, 5.74) is 1.43. The number of nitrogens with one attached hydrogen (secondary N) is 1. The van der Waals surface area contributed by atoms with Crippen LogP contribution < -0.4 is 5.32 Å². The van der Waals surface area contributed by atoms with Gasteiger partial charge in [-0.2, -0.15) is 0 Å². The number of thiazole rings is 1. The molecule has 0 saturated carbocycles. The maximum absolute atomic E-state index is 13.8. The van der Waals surface area contributed by atoms with Crippen LogP contribution in [0.4, 0.5) is 4.39 Å². The van der Waals surface area contributed by atoms with E-state index < -0.39 is 0 Å². The van der Waals surface area contributed by atoms with Crippen molar-refractivity contribution in [3.05, 3.63) is 40.7 Å². The van der Waals surface area contributed by atoms with E-state index in [1.165, 1.54) is 17.4 Å². The molecule has 0 saturated heterocycles. The fraction of sp³-hybridized carbons (Fsp3) is 0.400. The number of nitrogens with zero attached hydrogens (tertiary/aromatic N) is 1. The first-order chi connectivity index (χ1) is 9.61. The van der Waals surface area contributed by atoms with Gasteiger partial charge in [0.2, 0.25) is 0 Å². The first kappa shape index (κ1) is 15.1. The highest BCUT2D eigenvalue weighted by molar-refractivity contribution is 7.15. The van der Waals surface area contributed by atoms with Crippen LogP contribution in [-0.4, -0.2) is 18.1 Å². The Bertz CT molecular complexity index is 569. The average Bonchev–Trinajstić information content (AvgIpc) is 2.80. The van der Waals surface area contributed by atoms with E-state index in [2.05, 4.69) is 24.1 Å². The number of hydrogen-bond donors (Lipinski definition) is 1. The molecule has 0 unspecified atom stereocenters. The van der Waals surface area contributed by atoms with Crippen molar-refractivity contribution in [1.82, 2.24) is 10.3 Å². The van der Waals surface area contributed by atoms with Crippen molar-refractivity contribution in [2.24, 2.45) is 0 Å². The predicted octanol–water partition coefficient (Wildman–Crippen LogP) is 3.59. The van der Waals surface area contributed by atoms with E-state index in [-0.39, 0.29) is 5.82 Å². The van der Waals surface area contributed by atoms with Gasteiger partial charge in [-0.05, 0) is 12.1 Å². The molecule has 1 heterocycles. The summed E-state index contributed by atoms with van der Waals surface area (Å²) in [6, 6.07) is 7.11. The zero-order valence-electron chi connectivity index (χ0n) is 11.9. The van der Waals surface area contributed by atoms with Crippen molar-refractivity contribution >= 4 is 11.3 Å². The number of halogens is 1. The van der Waals surface area contributed by atoms with Crippen LogP contribution in [0.15, 0.2) is 24.3 Å². The SMILES string of the molecule is COCc1nc(-c2ccccc2F)sc1CNC(C)C. The summed E-state index contributed by atoms with van der Waals surface area (Å²) in [7, 11) is 1.64. The van der Waals surface area contributed by atoms with Gasteiger partial charge in [-0.15, -0.1) is 11.3 Å². The summed E-state index contributed by atoms with van der Waals surface area (Å²) >= 11 is 1.52. The van der Waals surface area contributed by atoms with Crippen LogP contribution in [0.3, 0.4) is 0 Å². The molecule has 0 amide bonds. The van der Waals surface area contributed by atoms with Crippen LogP contribution >= 0.6 is 11.3 Å². The van der Waals surface area contributed by atoms with Crippen LogP contribution in [-0.2, 0) is 17.9 Å². The Morgan fingerprint density at radius 2 is 2.10 bits per heavy atom. The molecule has 5 heteroatoms. The molecular weight excluding hydrogens is 275 g/mol. The maximum atomic E-state index is 13.8. The van der Waals surface area contributed by atoms with E-state index >= 15 is 0 Å². The van der Waals surface area contributed by atoms with Crippen LogP contribution in [0, 0.1) is 5.82 Å². The van der Waals surface area contributed by atoms with Gasteiger partial charge in [0.15, 0.2) is 0 Å². The summed E-state index contributed by atoms with van der Waals surface area (Å²) in [4.78, 5) is 5.62. The van der Waals surface area contributed by atoms with Gasteiger partial charge in [0.1, 0.15) is 10.8 Å². The molecule has 0 atom stereocenters. The molecule has 0 aliphatic heterocycles. The molecule has 108 valence electrons. The maximum Gasteiger partial charge on any atom is 0.133 e. The minimum absolute atomic E-state index is 0.242. The zero-order valence-corrected chi connectivity index (χ0v) is 12.8. The summed E-state index contributed by atoms with van der Waals surface area (Å²) < 4.78 is 19.0. The van der Waals surface area contributed by atoms with Crippen molar-refractivity contribution in [1.29, 1.82) is 0 Å². The van der Waals surface area contributed by atoms with Crippen LogP contribution in [0.1, 0.15) is 24.4 Å². The van der Waals surface area contributed by atoms with Crippen molar-refractivity contribution in [3.63, 3.8) is 0 Å². The minimum atomic E-state index is -0.242. The second-order valence-electron chi connectivity index (χ2n) is 4.84. The van der Waals surface area contributed by atoms with Gasteiger partial charge in [-0.25, -0.2) is 9.37 Å².